The Kier molecular flexibility index (Phi) is 7.22. The van der Waals surface area contributed by atoms with Crippen molar-refractivity contribution in [2.75, 3.05) is 7.11 Å². The van der Waals surface area contributed by atoms with Gasteiger partial charge in [0, 0.05) is 5.92 Å². The van der Waals surface area contributed by atoms with E-state index in [0.717, 1.165) is 44.9 Å². The molecule has 0 aromatic rings. The second-order valence-electron chi connectivity index (χ2n) is 17.7. The molecule has 1 saturated heterocycles. The van der Waals surface area contributed by atoms with E-state index in [4.69, 9.17) is 18.9 Å². The van der Waals surface area contributed by atoms with Crippen molar-refractivity contribution in [3.63, 3.8) is 0 Å². The number of fused-ring (bicyclic) bond motifs is 16. The molecule has 254 valence electrons. The Hall–Kier alpha value is -2.16. The predicted molar refractivity (Wildman–Crippen MR) is 164 cm³/mol. The molecule has 7 saturated carbocycles. The van der Waals surface area contributed by atoms with Gasteiger partial charge < -0.3 is 24.1 Å². The lowest BCUT2D eigenvalue weighted by Gasteiger charge is -2.41. The molecular weight excluding hydrogens is 588 g/mol. The molecule has 17 atom stereocenters. The van der Waals surface area contributed by atoms with E-state index in [-0.39, 0.29) is 54.7 Å². The zero-order valence-electron chi connectivity index (χ0n) is 28.0. The topological polar surface area (TPSA) is 129 Å². The Balaban J connectivity index is 0.967. The highest BCUT2D eigenvalue weighted by molar-refractivity contribution is 5.81. The van der Waals surface area contributed by atoms with E-state index in [2.05, 4.69) is 0 Å². The Morgan fingerprint density at radius 2 is 1.41 bits per heavy atom. The first kappa shape index (κ1) is 31.1. The van der Waals surface area contributed by atoms with Crippen LogP contribution in [-0.4, -0.2) is 60.5 Å². The number of epoxide rings is 1. The lowest BCUT2D eigenvalue weighted by molar-refractivity contribution is -0.172. The van der Waals surface area contributed by atoms with Crippen LogP contribution in [0.5, 0.6) is 0 Å². The van der Waals surface area contributed by atoms with E-state index in [1.807, 2.05) is 13.8 Å². The Labute approximate surface area is 272 Å². The number of carbonyl (C=O) groups is 4. The number of carbonyl (C=O) groups excluding carboxylic acids is 3. The maximum Gasteiger partial charge on any atom is 0.312 e. The summed E-state index contributed by atoms with van der Waals surface area (Å²) < 4.78 is 23.7. The van der Waals surface area contributed by atoms with Crippen LogP contribution in [0, 0.1) is 81.8 Å². The third-order valence-electron chi connectivity index (χ3n) is 15.1. The number of esters is 3. The quantitative estimate of drug-likeness (QED) is 0.139. The van der Waals surface area contributed by atoms with E-state index in [1.54, 1.807) is 13.8 Å². The van der Waals surface area contributed by atoms with Crippen molar-refractivity contribution in [3.8, 4) is 0 Å². The van der Waals surface area contributed by atoms with Gasteiger partial charge in [0.15, 0.2) is 0 Å². The fourth-order valence-electron chi connectivity index (χ4n) is 13.0. The standard InChI is InChI=1S/C37H52O9/c1-6-37(4,35(42)46-26-12-18-10-23(26)29-21-8-17(28(18)29)9-22(21)32(38)39)15-19(14-36(2,3)34(41)43-5)33(40)45-25-11-16-7-24(25)30-20(16)13-27-31(30)44-27/h16-31H,6-15H2,1-5H3,(H,38,39). The number of ether oxygens (including phenoxy) is 4. The number of rotatable bonds is 11. The highest BCUT2D eigenvalue weighted by Gasteiger charge is 2.68. The van der Waals surface area contributed by atoms with Gasteiger partial charge in [0.1, 0.15) is 12.2 Å². The molecule has 0 aromatic carbocycles. The van der Waals surface area contributed by atoms with Crippen LogP contribution in [0.1, 0.15) is 91.9 Å². The van der Waals surface area contributed by atoms with Crippen molar-refractivity contribution < 1.29 is 43.2 Å². The third kappa shape index (κ3) is 4.62. The Bertz CT molecular complexity index is 1310. The molecule has 1 heterocycles. The van der Waals surface area contributed by atoms with Gasteiger partial charge in [0.05, 0.1) is 42.0 Å². The van der Waals surface area contributed by atoms with Crippen LogP contribution in [0.3, 0.4) is 0 Å². The molecule has 1 aliphatic heterocycles. The van der Waals surface area contributed by atoms with Crippen LogP contribution in [0.15, 0.2) is 0 Å². The first-order valence-electron chi connectivity index (χ1n) is 18.2. The monoisotopic (exact) mass is 640 g/mol. The lowest BCUT2D eigenvalue weighted by Crippen LogP contribution is -2.44. The Morgan fingerprint density at radius 3 is 2.13 bits per heavy atom. The van der Waals surface area contributed by atoms with Gasteiger partial charge in [-0.15, -0.1) is 0 Å². The minimum atomic E-state index is -0.935. The van der Waals surface area contributed by atoms with E-state index >= 15 is 0 Å². The van der Waals surface area contributed by atoms with Crippen molar-refractivity contribution in [1.29, 1.82) is 0 Å². The summed E-state index contributed by atoms with van der Waals surface area (Å²) in [6.45, 7) is 7.43. The maximum absolute atomic E-state index is 14.1. The van der Waals surface area contributed by atoms with Crippen molar-refractivity contribution >= 4 is 23.9 Å². The van der Waals surface area contributed by atoms with Crippen LogP contribution < -0.4 is 0 Å². The minimum absolute atomic E-state index is 0.136. The third-order valence-corrected chi connectivity index (χ3v) is 15.1. The highest BCUT2D eigenvalue weighted by Crippen LogP contribution is 2.69. The summed E-state index contributed by atoms with van der Waals surface area (Å²) in [5, 5.41) is 9.85. The van der Waals surface area contributed by atoms with Crippen molar-refractivity contribution in [2.45, 2.75) is 116 Å². The van der Waals surface area contributed by atoms with Crippen LogP contribution in [-0.2, 0) is 38.1 Å². The summed E-state index contributed by atoms with van der Waals surface area (Å²) in [4.78, 5) is 53.0. The second kappa shape index (κ2) is 10.7. The van der Waals surface area contributed by atoms with Gasteiger partial charge in [-0.25, -0.2) is 0 Å². The van der Waals surface area contributed by atoms with Crippen molar-refractivity contribution in [1.82, 2.24) is 0 Å². The number of hydrogen-bond donors (Lipinski definition) is 1. The van der Waals surface area contributed by atoms with Gasteiger partial charge in [0.2, 0.25) is 0 Å². The van der Waals surface area contributed by atoms with Gasteiger partial charge in [-0.1, -0.05) is 6.92 Å². The molecule has 0 radical (unpaired) electrons. The molecule has 0 aromatic heterocycles. The van der Waals surface area contributed by atoms with Gasteiger partial charge >= 0.3 is 23.9 Å². The first-order valence-corrected chi connectivity index (χ1v) is 18.2. The van der Waals surface area contributed by atoms with Crippen molar-refractivity contribution in [3.05, 3.63) is 0 Å². The largest absolute Gasteiger partial charge is 0.481 e. The molecule has 17 unspecified atom stereocenters. The van der Waals surface area contributed by atoms with Crippen LogP contribution >= 0.6 is 0 Å². The number of hydrogen-bond acceptors (Lipinski definition) is 8. The maximum atomic E-state index is 14.1. The molecule has 8 fully saturated rings. The lowest BCUT2D eigenvalue weighted by atomic mass is 9.66. The fourth-order valence-corrected chi connectivity index (χ4v) is 13.0. The molecule has 9 nitrogen and oxygen atoms in total. The zero-order valence-corrected chi connectivity index (χ0v) is 28.0. The summed E-state index contributed by atoms with van der Waals surface area (Å²) in [6, 6.07) is 0. The SMILES string of the molecule is CCC(C)(CC(CC(C)(C)C(=O)OC)C(=O)OC1CC2CC1C1C2CC2OC21)C(=O)OC1CC2CC1C1C3CC(CC3C(=O)O)C21. The average molecular weight is 641 g/mol. The highest BCUT2D eigenvalue weighted by atomic mass is 16.6. The molecule has 8 rings (SSSR count). The number of methoxy groups -OCH3 is 1. The van der Waals surface area contributed by atoms with Gasteiger partial charge in [-0.2, -0.15) is 0 Å². The summed E-state index contributed by atoms with van der Waals surface area (Å²) in [7, 11) is 1.36. The molecule has 0 spiro atoms. The number of carboxylic acid groups (broad SMARTS) is 1. The summed E-state index contributed by atoms with van der Waals surface area (Å²) in [5.74, 6) is 1.86. The number of carboxylic acids is 1. The minimum Gasteiger partial charge on any atom is -0.481 e. The zero-order chi connectivity index (χ0) is 32.4. The Morgan fingerprint density at radius 1 is 0.761 bits per heavy atom. The van der Waals surface area contributed by atoms with E-state index in [0.29, 0.717) is 66.0 Å². The van der Waals surface area contributed by atoms with E-state index in [1.165, 1.54) is 7.11 Å². The molecule has 6 bridgehead atoms. The summed E-state index contributed by atoms with van der Waals surface area (Å²) in [5.41, 5.74) is -1.87. The molecule has 1 N–H and O–H groups in total. The van der Waals surface area contributed by atoms with Crippen molar-refractivity contribution in [2.24, 2.45) is 81.8 Å². The molecular formula is C37H52O9. The predicted octanol–water partition coefficient (Wildman–Crippen LogP) is 5.28. The average Bonchev–Trinajstić information content (AvgIpc) is 3.72. The van der Waals surface area contributed by atoms with Gasteiger partial charge in [0.25, 0.3) is 0 Å². The van der Waals surface area contributed by atoms with Crippen LogP contribution in [0.4, 0.5) is 0 Å². The molecule has 9 heteroatoms. The van der Waals surface area contributed by atoms with E-state index in [9.17, 15) is 24.3 Å². The van der Waals surface area contributed by atoms with E-state index < -0.39 is 28.7 Å². The normalized spacial score (nSPS) is 47.1. The number of aliphatic carboxylic acids is 1. The molecule has 7 aliphatic carbocycles. The molecule has 0 amide bonds. The van der Waals surface area contributed by atoms with Gasteiger partial charge in [-0.3, -0.25) is 19.2 Å². The first-order chi connectivity index (χ1) is 21.8. The fraction of sp³-hybridized carbons (Fsp3) is 0.892. The van der Waals surface area contributed by atoms with Gasteiger partial charge in [-0.05, 0) is 138 Å². The molecule has 46 heavy (non-hydrogen) atoms. The van der Waals surface area contributed by atoms with Crippen LogP contribution in [0.25, 0.3) is 0 Å². The molecule has 8 aliphatic rings. The second-order valence-corrected chi connectivity index (χ2v) is 17.7. The smallest absolute Gasteiger partial charge is 0.312 e. The summed E-state index contributed by atoms with van der Waals surface area (Å²) >= 11 is 0. The van der Waals surface area contributed by atoms with Crippen LogP contribution in [0.2, 0.25) is 0 Å². The summed E-state index contributed by atoms with van der Waals surface area (Å²) in [6.07, 6.45) is 8.19.